The number of benzene rings is 1. The Morgan fingerprint density at radius 1 is 1.27 bits per heavy atom. The van der Waals surface area contributed by atoms with E-state index in [0.29, 0.717) is 17.4 Å². The van der Waals surface area contributed by atoms with Crippen LogP contribution in [-0.2, 0) is 4.79 Å². The standard InChI is InChI=1S/C17H18F2N2O/c1-2-16-8-17(9-16,10-16)15(22)21-14(3-4-20-21)11-5-12(18)7-13(19)6-11/h4-7,14H,2-3,8-10H2,1H3. The Morgan fingerprint density at radius 3 is 2.50 bits per heavy atom. The lowest BCUT2D eigenvalue weighted by atomic mass is 9.34. The van der Waals surface area contributed by atoms with Crippen LogP contribution >= 0.6 is 0 Å². The molecule has 4 aliphatic rings. The lowest BCUT2D eigenvalue weighted by molar-refractivity contribution is -0.218. The molecule has 3 fully saturated rings. The molecule has 1 amide bonds. The third kappa shape index (κ3) is 1.77. The zero-order valence-corrected chi connectivity index (χ0v) is 12.5. The summed E-state index contributed by atoms with van der Waals surface area (Å²) in [5.74, 6) is -1.22. The first-order valence-electron chi connectivity index (χ1n) is 7.79. The van der Waals surface area contributed by atoms with Crippen LogP contribution in [-0.4, -0.2) is 17.1 Å². The highest BCUT2D eigenvalue weighted by molar-refractivity contribution is 5.88. The first-order chi connectivity index (χ1) is 10.5. The summed E-state index contributed by atoms with van der Waals surface area (Å²) in [4.78, 5) is 12.8. The second-order valence-corrected chi connectivity index (χ2v) is 7.07. The van der Waals surface area contributed by atoms with E-state index in [2.05, 4.69) is 12.0 Å². The number of hydrogen-bond donors (Lipinski definition) is 0. The number of nitrogens with zero attached hydrogens (tertiary/aromatic N) is 2. The Balaban J connectivity index is 1.57. The van der Waals surface area contributed by atoms with Crippen molar-refractivity contribution >= 4 is 12.1 Å². The van der Waals surface area contributed by atoms with E-state index < -0.39 is 11.6 Å². The fourth-order valence-corrected chi connectivity index (χ4v) is 4.50. The summed E-state index contributed by atoms with van der Waals surface area (Å²) in [5, 5.41) is 5.64. The van der Waals surface area contributed by atoms with E-state index in [1.165, 1.54) is 17.1 Å². The van der Waals surface area contributed by atoms with Crippen molar-refractivity contribution in [2.45, 2.75) is 45.1 Å². The van der Waals surface area contributed by atoms with Gasteiger partial charge in [0.2, 0.25) is 5.91 Å². The van der Waals surface area contributed by atoms with Crippen LogP contribution in [0, 0.1) is 22.5 Å². The van der Waals surface area contributed by atoms with Crippen LogP contribution in [0.5, 0.6) is 0 Å². The molecule has 1 atom stereocenters. The number of carbonyl (C=O) groups is 1. The monoisotopic (exact) mass is 304 g/mol. The second kappa shape index (κ2) is 4.37. The van der Waals surface area contributed by atoms with Gasteiger partial charge in [0, 0.05) is 18.7 Å². The molecule has 0 saturated heterocycles. The molecule has 2 bridgehead atoms. The number of halogens is 2. The summed E-state index contributed by atoms with van der Waals surface area (Å²) in [7, 11) is 0. The zero-order chi connectivity index (χ0) is 15.5. The molecule has 1 aliphatic heterocycles. The van der Waals surface area contributed by atoms with Gasteiger partial charge in [0.1, 0.15) is 11.6 Å². The van der Waals surface area contributed by atoms with Crippen molar-refractivity contribution in [1.82, 2.24) is 5.01 Å². The van der Waals surface area contributed by atoms with Crippen LogP contribution in [0.25, 0.3) is 0 Å². The molecule has 0 aromatic heterocycles. The Bertz CT molecular complexity index is 645. The van der Waals surface area contributed by atoms with Crippen molar-refractivity contribution in [2.75, 3.05) is 0 Å². The minimum Gasteiger partial charge on any atom is -0.272 e. The highest BCUT2D eigenvalue weighted by Gasteiger charge is 2.71. The number of carbonyl (C=O) groups excluding carboxylic acids is 1. The molecule has 1 heterocycles. The maximum absolute atomic E-state index is 13.4. The third-order valence-corrected chi connectivity index (χ3v) is 5.65. The predicted octanol–water partition coefficient (Wildman–Crippen LogP) is 3.80. The van der Waals surface area contributed by atoms with E-state index in [1.54, 1.807) is 6.21 Å². The van der Waals surface area contributed by atoms with Gasteiger partial charge in [0.05, 0.1) is 11.5 Å². The van der Waals surface area contributed by atoms with Crippen molar-refractivity contribution < 1.29 is 13.6 Å². The van der Waals surface area contributed by atoms with Gasteiger partial charge in [-0.1, -0.05) is 13.3 Å². The fraction of sp³-hybridized carbons (Fsp3) is 0.529. The molecule has 1 aromatic carbocycles. The highest BCUT2D eigenvalue weighted by Crippen LogP contribution is 2.75. The number of hydrazone groups is 1. The molecule has 1 unspecified atom stereocenters. The Labute approximate surface area is 128 Å². The maximum Gasteiger partial charge on any atom is 0.249 e. The molecule has 0 N–H and O–H groups in total. The largest absolute Gasteiger partial charge is 0.272 e. The molecule has 3 aliphatic carbocycles. The van der Waals surface area contributed by atoms with Gasteiger partial charge < -0.3 is 0 Å². The van der Waals surface area contributed by atoms with Crippen LogP contribution < -0.4 is 0 Å². The van der Waals surface area contributed by atoms with Crippen molar-refractivity contribution in [2.24, 2.45) is 15.9 Å². The van der Waals surface area contributed by atoms with Crippen molar-refractivity contribution in [3.63, 3.8) is 0 Å². The summed E-state index contributed by atoms with van der Waals surface area (Å²) in [6.07, 6.45) is 6.09. The first kappa shape index (κ1) is 13.9. The maximum atomic E-state index is 13.4. The van der Waals surface area contributed by atoms with Crippen LogP contribution in [0.15, 0.2) is 23.3 Å². The number of hydrogen-bond acceptors (Lipinski definition) is 2. The van der Waals surface area contributed by atoms with Gasteiger partial charge in [-0.05, 0) is 42.4 Å². The van der Waals surface area contributed by atoms with Gasteiger partial charge in [-0.25, -0.2) is 13.8 Å². The van der Waals surface area contributed by atoms with E-state index in [1.807, 2.05) is 0 Å². The van der Waals surface area contributed by atoms with Crippen LogP contribution in [0.1, 0.15) is 50.6 Å². The SMILES string of the molecule is CCC12CC(C(=O)N3N=CCC3c3cc(F)cc(F)c3)(C1)C2. The summed E-state index contributed by atoms with van der Waals surface area (Å²) in [6, 6.07) is 3.04. The summed E-state index contributed by atoms with van der Waals surface area (Å²) >= 11 is 0. The molecule has 3 saturated carbocycles. The third-order valence-electron chi connectivity index (χ3n) is 5.65. The van der Waals surface area contributed by atoms with Gasteiger partial charge in [-0.2, -0.15) is 5.10 Å². The first-order valence-corrected chi connectivity index (χ1v) is 7.79. The van der Waals surface area contributed by atoms with Gasteiger partial charge in [-0.15, -0.1) is 0 Å². The Morgan fingerprint density at radius 2 is 1.91 bits per heavy atom. The predicted molar refractivity (Wildman–Crippen MR) is 78.1 cm³/mol. The lowest BCUT2D eigenvalue weighted by Crippen LogP contribution is -2.67. The van der Waals surface area contributed by atoms with E-state index in [9.17, 15) is 13.6 Å². The van der Waals surface area contributed by atoms with Gasteiger partial charge in [0.25, 0.3) is 0 Å². The van der Waals surface area contributed by atoms with Gasteiger partial charge in [0.15, 0.2) is 0 Å². The molecule has 5 rings (SSSR count). The normalized spacial score (nSPS) is 35.2. The van der Waals surface area contributed by atoms with Crippen LogP contribution in [0.2, 0.25) is 0 Å². The molecule has 3 nitrogen and oxygen atoms in total. The second-order valence-electron chi connectivity index (χ2n) is 7.07. The molecule has 0 spiro atoms. The zero-order valence-electron chi connectivity index (χ0n) is 12.5. The summed E-state index contributed by atoms with van der Waals surface area (Å²) in [5.41, 5.74) is 0.585. The van der Waals surface area contributed by atoms with E-state index in [-0.39, 0.29) is 17.4 Å². The van der Waals surface area contributed by atoms with E-state index in [4.69, 9.17) is 0 Å². The van der Waals surface area contributed by atoms with Crippen molar-refractivity contribution in [3.8, 4) is 0 Å². The van der Waals surface area contributed by atoms with Crippen LogP contribution in [0.3, 0.4) is 0 Å². The van der Waals surface area contributed by atoms with Gasteiger partial charge >= 0.3 is 0 Å². The fourth-order valence-electron chi connectivity index (χ4n) is 4.50. The highest BCUT2D eigenvalue weighted by atomic mass is 19.1. The molecule has 5 heteroatoms. The minimum atomic E-state index is -0.621. The minimum absolute atomic E-state index is 0.0197. The van der Waals surface area contributed by atoms with Crippen molar-refractivity contribution in [1.29, 1.82) is 0 Å². The summed E-state index contributed by atoms with van der Waals surface area (Å²) < 4.78 is 26.9. The summed E-state index contributed by atoms with van der Waals surface area (Å²) in [6.45, 7) is 2.17. The molecule has 22 heavy (non-hydrogen) atoms. The smallest absolute Gasteiger partial charge is 0.249 e. The number of amides is 1. The van der Waals surface area contributed by atoms with Crippen molar-refractivity contribution in [3.05, 3.63) is 35.4 Å². The molecular weight excluding hydrogens is 286 g/mol. The Kier molecular flexibility index (Phi) is 2.75. The van der Waals surface area contributed by atoms with E-state index in [0.717, 1.165) is 31.7 Å². The van der Waals surface area contributed by atoms with Crippen LogP contribution in [0.4, 0.5) is 8.78 Å². The quantitative estimate of drug-likeness (QED) is 0.836. The topological polar surface area (TPSA) is 32.7 Å². The van der Waals surface area contributed by atoms with E-state index >= 15 is 0 Å². The Hall–Kier alpha value is -1.78. The lowest BCUT2D eigenvalue weighted by Gasteiger charge is -2.70. The van der Waals surface area contributed by atoms with Gasteiger partial charge in [-0.3, -0.25) is 4.79 Å². The molecule has 1 aromatic rings. The molecule has 0 radical (unpaired) electrons. The number of rotatable bonds is 3. The molecule has 116 valence electrons. The average Bonchev–Trinajstić information content (AvgIpc) is 2.83. The molecular formula is C17H18F2N2O. The average molecular weight is 304 g/mol.